The number of carbonyl (C=O) groups is 1. The SMILES string of the molecule is CCN(CC)[C@H](CNC(=O)c1nc(SC)ncc1Br)c1ccc(C(C)(C)C)cc1. The van der Waals surface area contributed by atoms with E-state index < -0.39 is 0 Å². The van der Waals surface area contributed by atoms with Crippen molar-refractivity contribution in [3.8, 4) is 0 Å². The fraction of sp³-hybridized carbons (Fsp3) is 0.500. The Balaban J connectivity index is 2.22. The van der Waals surface area contributed by atoms with E-state index in [1.807, 2.05) is 6.26 Å². The van der Waals surface area contributed by atoms with Crippen LogP contribution in [0.15, 0.2) is 40.1 Å². The van der Waals surface area contributed by atoms with Gasteiger partial charge in [0.15, 0.2) is 5.16 Å². The van der Waals surface area contributed by atoms with Crippen LogP contribution in [-0.4, -0.2) is 46.7 Å². The fourth-order valence-electron chi connectivity index (χ4n) is 3.21. The Bertz CT molecular complexity index is 817. The van der Waals surface area contributed by atoms with Gasteiger partial charge in [0.1, 0.15) is 5.69 Å². The number of nitrogens with one attached hydrogen (secondary N) is 1. The molecule has 0 unspecified atom stereocenters. The zero-order chi connectivity index (χ0) is 21.6. The lowest BCUT2D eigenvalue weighted by Gasteiger charge is -2.31. The van der Waals surface area contributed by atoms with Crippen LogP contribution in [0.5, 0.6) is 0 Å². The number of hydrogen-bond acceptors (Lipinski definition) is 5. The quantitative estimate of drug-likeness (QED) is 0.423. The highest BCUT2D eigenvalue weighted by molar-refractivity contribution is 9.10. The van der Waals surface area contributed by atoms with Gasteiger partial charge in [-0.05, 0) is 51.8 Å². The van der Waals surface area contributed by atoms with Gasteiger partial charge in [-0.3, -0.25) is 9.69 Å². The Morgan fingerprint density at radius 2 is 1.83 bits per heavy atom. The van der Waals surface area contributed by atoms with Crippen molar-refractivity contribution in [2.45, 2.75) is 51.2 Å². The lowest BCUT2D eigenvalue weighted by atomic mass is 9.86. The molecule has 1 atom stereocenters. The van der Waals surface area contributed by atoms with Gasteiger partial charge in [0.25, 0.3) is 5.91 Å². The van der Waals surface area contributed by atoms with Gasteiger partial charge < -0.3 is 5.32 Å². The van der Waals surface area contributed by atoms with Crippen LogP contribution in [0.25, 0.3) is 0 Å². The highest BCUT2D eigenvalue weighted by atomic mass is 79.9. The standard InChI is InChI=1S/C22H31BrN4OS/c1-7-27(8-2)18(15-9-11-16(12-10-15)22(3,4)5)14-24-20(28)19-17(23)13-25-21(26-19)29-6/h9-13,18H,7-8,14H2,1-6H3,(H,24,28)/t18-/m1/s1. The summed E-state index contributed by atoms with van der Waals surface area (Å²) >= 11 is 4.80. The summed E-state index contributed by atoms with van der Waals surface area (Å²) in [4.78, 5) is 23.7. The number of nitrogens with zero attached hydrogens (tertiary/aromatic N) is 3. The third-order valence-electron chi connectivity index (χ3n) is 4.99. The number of aromatic nitrogens is 2. The molecular weight excluding hydrogens is 448 g/mol. The molecule has 5 nitrogen and oxygen atoms in total. The van der Waals surface area contributed by atoms with Crippen molar-refractivity contribution in [1.82, 2.24) is 20.2 Å². The average Bonchev–Trinajstić information content (AvgIpc) is 2.70. The molecule has 0 aliphatic heterocycles. The van der Waals surface area contributed by atoms with Crippen LogP contribution < -0.4 is 5.32 Å². The molecule has 7 heteroatoms. The molecule has 0 saturated heterocycles. The number of likely N-dealkylation sites (N-methyl/N-ethyl adjacent to an activating group) is 1. The molecule has 1 amide bonds. The Hall–Kier alpha value is -1.44. The normalized spacial score (nSPS) is 12.8. The van der Waals surface area contributed by atoms with Gasteiger partial charge in [-0.15, -0.1) is 0 Å². The van der Waals surface area contributed by atoms with E-state index in [-0.39, 0.29) is 17.4 Å². The molecule has 2 rings (SSSR count). The Morgan fingerprint density at radius 1 is 1.21 bits per heavy atom. The molecule has 2 aromatic rings. The highest BCUT2D eigenvalue weighted by Gasteiger charge is 2.22. The van der Waals surface area contributed by atoms with Crippen molar-refractivity contribution in [2.75, 3.05) is 25.9 Å². The minimum atomic E-state index is -0.196. The molecule has 0 aliphatic carbocycles. The van der Waals surface area contributed by atoms with Crippen molar-refractivity contribution in [3.05, 3.63) is 51.8 Å². The van der Waals surface area contributed by atoms with E-state index in [0.717, 1.165) is 13.1 Å². The van der Waals surface area contributed by atoms with Gasteiger partial charge in [-0.2, -0.15) is 0 Å². The maximum Gasteiger partial charge on any atom is 0.271 e. The third kappa shape index (κ3) is 6.27. The lowest BCUT2D eigenvalue weighted by molar-refractivity contribution is 0.0928. The van der Waals surface area contributed by atoms with Gasteiger partial charge >= 0.3 is 0 Å². The van der Waals surface area contributed by atoms with E-state index >= 15 is 0 Å². The molecule has 1 aromatic heterocycles. The Kier molecular flexibility index (Phi) is 8.67. The molecule has 0 spiro atoms. The average molecular weight is 479 g/mol. The van der Waals surface area contributed by atoms with Gasteiger partial charge in [0, 0.05) is 12.7 Å². The van der Waals surface area contributed by atoms with Crippen molar-refractivity contribution < 1.29 is 4.79 Å². The molecule has 0 bridgehead atoms. The summed E-state index contributed by atoms with van der Waals surface area (Å²) in [7, 11) is 0. The van der Waals surface area contributed by atoms with E-state index in [2.05, 4.69) is 95.0 Å². The first-order valence-corrected chi connectivity index (χ1v) is 11.9. The number of carbonyl (C=O) groups excluding carboxylic acids is 1. The minimum Gasteiger partial charge on any atom is -0.349 e. The van der Waals surface area contributed by atoms with Crippen LogP contribution in [-0.2, 0) is 5.41 Å². The van der Waals surface area contributed by atoms with E-state index in [9.17, 15) is 4.79 Å². The summed E-state index contributed by atoms with van der Waals surface area (Å²) in [5.74, 6) is -0.196. The highest BCUT2D eigenvalue weighted by Crippen LogP contribution is 2.26. The van der Waals surface area contributed by atoms with E-state index in [0.29, 0.717) is 21.9 Å². The van der Waals surface area contributed by atoms with Crippen LogP contribution in [0, 0.1) is 0 Å². The second-order valence-electron chi connectivity index (χ2n) is 7.87. The topological polar surface area (TPSA) is 58.1 Å². The van der Waals surface area contributed by atoms with Crippen molar-refractivity contribution in [2.24, 2.45) is 0 Å². The van der Waals surface area contributed by atoms with Crippen molar-refractivity contribution >= 4 is 33.6 Å². The summed E-state index contributed by atoms with van der Waals surface area (Å²) in [5, 5.41) is 3.65. The Labute approximate surface area is 187 Å². The number of halogens is 1. The zero-order valence-electron chi connectivity index (χ0n) is 18.1. The molecular formula is C22H31BrN4OS. The van der Waals surface area contributed by atoms with Crippen molar-refractivity contribution in [3.63, 3.8) is 0 Å². The summed E-state index contributed by atoms with van der Waals surface area (Å²) in [6.45, 7) is 13.3. The maximum atomic E-state index is 12.8. The monoisotopic (exact) mass is 478 g/mol. The summed E-state index contributed by atoms with van der Waals surface area (Å²) in [5.41, 5.74) is 2.99. The fourth-order valence-corrected chi connectivity index (χ4v) is 3.92. The van der Waals surface area contributed by atoms with Gasteiger partial charge in [-0.25, -0.2) is 9.97 Å². The summed E-state index contributed by atoms with van der Waals surface area (Å²) in [6, 6.07) is 8.85. The zero-order valence-corrected chi connectivity index (χ0v) is 20.5. The van der Waals surface area contributed by atoms with E-state index in [1.165, 1.54) is 22.9 Å². The summed E-state index contributed by atoms with van der Waals surface area (Å²) in [6.07, 6.45) is 3.52. The number of thioether (sulfide) groups is 1. The van der Waals surface area contributed by atoms with Crippen LogP contribution in [0.2, 0.25) is 0 Å². The molecule has 0 fully saturated rings. The molecule has 1 heterocycles. The predicted molar refractivity (Wildman–Crippen MR) is 125 cm³/mol. The van der Waals surface area contributed by atoms with Gasteiger partial charge in [-0.1, -0.05) is 70.6 Å². The third-order valence-corrected chi connectivity index (χ3v) is 6.13. The van der Waals surface area contributed by atoms with Crippen LogP contribution in [0.1, 0.15) is 62.3 Å². The van der Waals surface area contributed by atoms with Crippen LogP contribution in [0.4, 0.5) is 0 Å². The Morgan fingerprint density at radius 3 is 2.34 bits per heavy atom. The molecule has 29 heavy (non-hydrogen) atoms. The first kappa shape index (κ1) is 23.8. The molecule has 1 N–H and O–H groups in total. The number of benzene rings is 1. The number of hydrogen-bond donors (Lipinski definition) is 1. The predicted octanol–water partition coefficient (Wildman–Crippen LogP) is 5.07. The second kappa shape index (κ2) is 10.5. The molecule has 0 saturated carbocycles. The van der Waals surface area contributed by atoms with E-state index in [4.69, 9.17) is 0 Å². The number of rotatable bonds is 8. The van der Waals surface area contributed by atoms with Crippen LogP contribution >= 0.6 is 27.7 Å². The largest absolute Gasteiger partial charge is 0.349 e. The first-order valence-electron chi connectivity index (χ1n) is 9.90. The maximum absolute atomic E-state index is 12.8. The smallest absolute Gasteiger partial charge is 0.271 e. The van der Waals surface area contributed by atoms with Crippen LogP contribution in [0.3, 0.4) is 0 Å². The molecule has 0 radical (unpaired) electrons. The van der Waals surface area contributed by atoms with Gasteiger partial charge in [0.05, 0.1) is 10.5 Å². The summed E-state index contributed by atoms with van der Waals surface area (Å²) < 4.78 is 0.599. The van der Waals surface area contributed by atoms with Gasteiger partial charge in [0.2, 0.25) is 0 Å². The molecule has 1 aromatic carbocycles. The first-order chi connectivity index (χ1) is 13.7. The van der Waals surface area contributed by atoms with E-state index in [1.54, 1.807) is 6.20 Å². The second-order valence-corrected chi connectivity index (χ2v) is 9.50. The lowest BCUT2D eigenvalue weighted by Crippen LogP contribution is -2.38. The minimum absolute atomic E-state index is 0.101. The molecule has 158 valence electrons. The number of amides is 1. The van der Waals surface area contributed by atoms with Crippen molar-refractivity contribution in [1.29, 1.82) is 0 Å². The molecule has 0 aliphatic rings.